The lowest BCUT2D eigenvalue weighted by molar-refractivity contribution is -0.226. The van der Waals surface area contributed by atoms with E-state index in [9.17, 15) is 24.9 Å². The van der Waals surface area contributed by atoms with Crippen molar-refractivity contribution in [3.05, 3.63) is 0 Å². The van der Waals surface area contributed by atoms with Crippen molar-refractivity contribution in [3.63, 3.8) is 0 Å². The maximum absolute atomic E-state index is 13.5. The van der Waals surface area contributed by atoms with Crippen molar-refractivity contribution in [2.75, 3.05) is 26.3 Å². The fourth-order valence-electron chi connectivity index (χ4n) is 6.75. The Labute approximate surface area is 299 Å². The molecule has 1 saturated heterocycles. The Bertz CT molecular complexity index is 790. The summed E-state index contributed by atoms with van der Waals surface area (Å²) in [6, 6.07) is -1.12. The molecule has 49 heavy (non-hydrogen) atoms. The molecule has 6 N–H and O–H groups in total. The van der Waals surface area contributed by atoms with E-state index in [0.29, 0.717) is 13.0 Å². The average Bonchev–Trinajstić information content (AvgIpc) is 3.10. The number of aliphatic hydroxyl groups excluding tert-OH is 3. The topological polar surface area (TPSA) is 155 Å². The van der Waals surface area contributed by atoms with Crippen LogP contribution in [0.15, 0.2) is 0 Å². The van der Waals surface area contributed by atoms with Crippen LogP contribution >= 0.6 is 0 Å². The lowest BCUT2D eigenvalue weighted by atomic mass is 9.95. The van der Waals surface area contributed by atoms with Crippen molar-refractivity contribution in [3.8, 4) is 0 Å². The summed E-state index contributed by atoms with van der Waals surface area (Å²) in [4.78, 5) is 27.1. The molecule has 5 atom stereocenters. The normalized spacial score (nSPS) is 20.7. The number of ether oxygens (including phenoxy) is 2. The molecule has 1 aliphatic rings. The zero-order chi connectivity index (χ0) is 36.0. The van der Waals surface area contributed by atoms with E-state index in [-0.39, 0.29) is 13.2 Å². The fourth-order valence-corrected chi connectivity index (χ4v) is 6.75. The van der Waals surface area contributed by atoms with Crippen molar-refractivity contribution in [1.29, 1.82) is 0 Å². The highest BCUT2D eigenvalue weighted by Gasteiger charge is 2.48. The van der Waals surface area contributed by atoms with E-state index in [2.05, 4.69) is 19.2 Å². The van der Waals surface area contributed by atoms with Gasteiger partial charge >= 0.3 is 6.09 Å². The molecule has 290 valence electrons. The van der Waals surface area contributed by atoms with Crippen LogP contribution in [0.2, 0.25) is 0 Å². The Hall–Kier alpha value is -1.46. The Morgan fingerprint density at radius 2 is 1.06 bits per heavy atom. The first-order valence-corrected chi connectivity index (χ1v) is 20.5. The largest absolute Gasteiger partial charge is 0.449 e. The Morgan fingerprint density at radius 1 is 0.653 bits per heavy atom. The summed E-state index contributed by atoms with van der Waals surface area (Å²) in [5.41, 5.74) is 5.51. The first-order valence-electron chi connectivity index (χ1n) is 20.5. The van der Waals surface area contributed by atoms with Crippen molar-refractivity contribution in [1.82, 2.24) is 10.2 Å². The summed E-state index contributed by atoms with van der Waals surface area (Å²) < 4.78 is 11.6. The highest BCUT2D eigenvalue weighted by atomic mass is 16.6. The van der Waals surface area contributed by atoms with E-state index in [1.807, 2.05) is 0 Å². The summed E-state index contributed by atoms with van der Waals surface area (Å²) in [6.45, 7) is 4.19. The molecule has 0 radical (unpaired) electrons. The Balaban J connectivity index is 2.50. The number of carbonyl (C=O) groups is 2. The predicted molar refractivity (Wildman–Crippen MR) is 198 cm³/mol. The van der Waals surface area contributed by atoms with Crippen molar-refractivity contribution in [2.45, 2.75) is 211 Å². The first-order chi connectivity index (χ1) is 23.9. The number of carbonyl (C=O) groups excluding carboxylic acids is 2. The van der Waals surface area contributed by atoms with E-state index in [0.717, 1.165) is 38.5 Å². The van der Waals surface area contributed by atoms with Gasteiger partial charge in [-0.15, -0.1) is 0 Å². The number of hydrogen-bond donors (Lipinski definition) is 5. The van der Waals surface area contributed by atoms with Crippen LogP contribution in [0.4, 0.5) is 4.79 Å². The minimum atomic E-state index is -1.46. The van der Waals surface area contributed by atoms with Gasteiger partial charge in [-0.3, -0.25) is 9.69 Å². The third-order valence-corrected chi connectivity index (χ3v) is 9.93. The van der Waals surface area contributed by atoms with Gasteiger partial charge < -0.3 is 35.8 Å². The highest BCUT2D eigenvalue weighted by Crippen LogP contribution is 2.25. The van der Waals surface area contributed by atoms with E-state index >= 15 is 0 Å². The van der Waals surface area contributed by atoms with E-state index < -0.39 is 49.2 Å². The Kier molecular flexibility index (Phi) is 29.1. The number of nitrogens with zero attached hydrogens (tertiary/aromatic N) is 1. The van der Waals surface area contributed by atoms with Crippen molar-refractivity contribution in [2.24, 2.45) is 5.73 Å². The number of aliphatic hydroxyl groups is 3. The zero-order valence-electron chi connectivity index (χ0n) is 31.6. The summed E-state index contributed by atoms with van der Waals surface area (Å²) in [5.74, 6) is -0.548. The maximum Gasteiger partial charge on any atom is 0.411 e. The first kappa shape index (κ1) is 45.6. The van der Waals surface area contributed by atoms with Gasteiger partial charge in [0, 0.05) is 6.54 Å². The summed E-state index contributed by atoms with van der Waals surface area (Å²) in [7, 11) is 0. The molecule has 0 bridgehead atoms. The molecule has 1 heterocycles. The minimum Gasteiger partial charge on any atom is -0.449 e. The second-order valence-corrected chi connectivity index (χ2v) is 14.3. The second-order valence-electron chi connectivity index (χ2n) is 14.3. The number of amides is 2. The van der Waals surface area contributed by atoms with Gasteiger partial charge in [0.25, 0.3) is 0 Å². The van der Waals surface area contributed by atoms with Gasteiger partial charge in [0.05, 0.1) is 19.8 Å². The van der Waals surface area contributed by atoms with Crippen LogP contribution in [-0.2, 0) is 14.3 Å². The van der Waals surface area contributed by atoms with Crippen LogP contribution in [0.5, 0.6) is 0 Å². The molecule has 10 nitrogen and oxygen atoms in total. The molecule has 0 aromatic rings. The molecule has 1 rings (SSSR count). The molecule has 0 spiro atoms. The average molecular weight is 700 g/mol. The third-order valence-electron chi connectivity index (χ3n) is 9.93. The maximum atomic E-state index is 13.5. The van der Waals surface area contributed by atoms with Gasteiger partial charge in [0.2, 0.25) is 5.91 Å². The number of rotatable bonds is 32. The smallest absolute Gasteiger partial charge is 0.411 e. The second kappa shape index (κ2) is 31.3. The molecule has 10 heteroatoms. The van der Waals surface area contributed by atoms with Crippen LogP contribution in [0.3, 0.4) is 0 Å². The van der Waals surface area contributed by atoms with Crippen molar-refractivity contribution >= 4 is 12.0 Å². The zero-order valence-corrected chi connectivity index (χ0v) is 31.6. The molecule has 1 aliphatic heterocycles. The summed E-state index contributed by atoms with van der Waals surface area (Å²) >= 11 is 0. The molecule has 0 aromatic carbocycles. The molecular formula is C39H77N3O7. The number of unbranched alkanes of at least 4 members (excludes halogenated alkanes) is 24. The number of nitrogens with one attached hydrogen (secondary N) is 1. The minimum absolute atomic E-state index is 0.271. The monoisotopic (exact) mass is 700 g/mol. The Morgan fingerprint density at radius 3 is 1.47 bits per heavy atom. The number of nitrogens with two attached hydrogens (primary N) is 1. The molecule has 0 unspecified atom stereocenters. The van der Waals surface area contributed by atoms with Crippen LogP contribution in [0.1, 0.15) is 181 Å². The van der Waals surface area contributed by atoms with Crippen LogP contribution < -0.4 is 11.1 Å². The van der Waals surface area contributed by atoms with Gasteiger partial charge in [0.15, 0.2) is 6.23 Å². The van der Waals surface area contributed by atoms with Gasteiger partial charge in [-0.05, 0) is 12.8 Å². The molecule has 0 saturated carbocycles. The third kappa shape index (κ3) is 21.5. The lowest BCUT2D eigenvalue weighted by Crippen LogP contribution is -2.69. The predicted octanol–water partition coefficient (Wildman–Crippen LogP) is 7.49. The standard InChI is InChI=1S/C39H77N3O7/c1-3-5-7-9-11-13-15-16-17-18-19-20-22-24-26-28-30-48-39(47)42(29-27-25-23-21-14-12-10-8-6-4-2)38-35(41-34(44)31-40)37(46)36(45)33(32-43)49-38/h33,35-38,43,45-46H,3-32,40H2,1-2H3,(H,41,44)/t33-,35-,36-,37-,38-/m1/s1. The molecule has 0 aromatic heterocycles. The molecule has 1 fully saturated rings. The van der Waals surface area contributed by atoms with E-state index in [1.54, 1.807) is 0 Å². The molecule has 0 aliphatic carbocycles. The van der Waals surface area contributed by atoms with Gasteiger partial charge in [0.1, 0.15) is 24.4 Å². The van der Waals surface area contributed by atoms with Crippen LogP contribution in [-0.4, -0.2) is 89.1 Å². The summed E-state index contributed by atoms with van der Waals surface area (Å²) in [5, 5.41) is 33.8. The molecular weight excluding hydrogens is 622 g/mol. The quantitative estimate of drug-likeness (QED) is 0.0453. The summed E-state index contributed by atoms with van der Waals surface area (Å²) in [6.07, 6.45) is 25.9. The van der Waals surface area contributed by atoms with Gasteiger partial charge in [-0.1, -0.05) is 168 Å². The SMILES string of the molecule is CCCCCCCCCCCCCCCCCCOC(=O)N(CCCCCCCCCCCC)[C@@H]1O[C@H](CO)[C@@H](O)[C@H](O)[C@H]1NC(=O)CN. The van der Waals surface area contributed by atoms with Crippen LogP contribution in [0, 0.1) is 0 Å². The lowest BCUT2D eigenvalue weighted by Gasteiger charge is -2.46. The highest BCUT2D eigenvalue weighted by molar-refractivity contribution is 5.78. The van der Waals surface area contributed by atoms with Gasteiger partial charge in [-0.25, -0.2) is 4.79 Å². The van der Waals surface area contributed by atoms with Crippen molar-refractivity contribution < 1.29 is 34.4 Å². The van der Waals surface area contributed by atoms with E-state index in [4.69, 9.17) is 15.2 Å². The fraction of sp³-hybridized carbons (Fsp3) is 0.949. The number of hydrogen-bond acceptors (Lipinski definition) is 8. The van der Waals surface area contributed by atoms with Gasteiger partial charge in [-0.2, -0.15) is 0 Å². The molecule has 2 amide bonds. The van der Waals surface area contributed by atoms with Crippen LogP contribution in [0.25, 0.3) is 0 Å². The van der Waals surface area contributed by atoms with E-state index in [1.165, 1.54) is 127 Å².